The van der Waals surface area contributed by atoms with E-state index < -0.39 is 6.10 Å². The molecule has 12 heteroatoms. The van der Waals surface area contributed by atoms with Crippen molar-refractivity contribution < 1.29 is 24.1 Å². The molecule has 1 atom stereocenters. The fourth-order valence-corrected chi connectivity index (χ4v) is 5.11. The molecule has 0 aliphatic carbocycles. The maximum Gasteiger partial charge on any atom is 0.336 e. The van der Waals surface area contributed by atoms with Crippen molar-refractivity contribution in [3.05, 3.63) is 95.4 Å². The molecule has 1 unspecified atom stereocenters. The number of anilines is 1. The van der Waals surface area contributed by atoms with E-state index in [4.69, 9.17) is 28.9 Å². The van der Waals surface area contributed by atoms with Crippen LogP contribution in [-0.2, 0) is 13.1 Å². The van der Waals surface area contributed by atoms with Crippen LogP contribution in [0, 0.1) is 0 Å². The van der Waals surface area contributed by atoms with Crippen molar-refractivity contribution in [3.8, 4) is 23.4 Å². The van der Waals surface area contributed by atoms with Crippen LogP contribution in [0.3, 0.4) is 0 Å². The Morgan fingerprint density at radius 1 is 0.792 bits per heavy atom. The van der Waals surface area contributed by atoms with Gasteiger partial charge in [0.25, 0.3) is 0 Å². The third-order valence-corrected chi connectivity index (χ3v) is 7.80. The van der Waals surface area contributed by atoms with E-state index in [1.54, 1.807) is 43.3 Å². The zero-order valence-electron chi connectivity index (χ0n) is 28.4. The minimum absolute atomic E-state index is 0.200. The molecule has 1 N–H and O–H groups in total. The number of hydrogen-bond acceptors (Lipinski definition) is 11. The quantitative estimate of drug-likeness (QED) is 0.123. The van der Waals surface area contributed by atoms with Gasteiger partial charge >= 0.3 is 6.01 Å². The van der Waals surface area contributed by atoms with E-state index in [1.807, 2.05) is 62.6 Å². The van der Waals surface area contributed by atoms with E-state index in [1.165, 1.54) is 0 Å². The van der Waals surface area contributed by atoms with Gasteiger partial charge in [0.2, 0.25) is 5.88 Å². The van der Waals surface area contributed by atoms with Crippen LogP contribution in [0.4, 0.5) is 5.82 Å². The Morgan fingerprint density at radius 2 is 1.44 bits per heavy atom. The number of unbranched alkanes of at least 4 members (excludes halogenated alkanes) is 1. The number of aliphatic hydroxyl groups is 1. The molecule has 0 aliphatic heterocycles. The molecule has 0 fully saturated rings. The first kappa shape index (κ1) is 34.4. The number of ether oxygens (including phenoxy) is 4. The number of hydrogen-bond donors (Lipinski definition) is 1. The summed E-state index contributed by atoms with van der Waals surface area (Å²) in [4.78, 5) is 18.3. The highest BCUT2D eigenvalue weighted by atomic mass is 16.5. The van der Waals surface area contributed by atoms with Crippen LogP contribution in [-0.4, -0.2) is 82.6 Å². The third kappa shape index (κ3) is 8.90. The molecule has 0 amide bonds. The molecule has 2 aromatic carbocycles. The predicted molar refractivity (Wildman–Crippen MR) is 184 cm³/mol. The normalized spacial score (nSPS) is 11.9. The first-order chi connectivity index (χ1) is 23.4. The summed E-state index contributed by atoms with van der Waals surface area (Å²) in [6.07, 6.45) is 4.89. The van der Waals surface area contributed by atoms with Crippen molar-refractivity contribution >= 4 is 11.5 Å². The number of pyridine rings is 1. The summed E-state index contributed by atoms with van der Waals surface area (Å²) in [5.74, 6) is 2.64. The molecule has 0 saturated heterocycles. The minimum Gasteiger partial charge on any atom is -0.497 e. The van der Waals surface area contributed by atoms with Gasteiger partial charge in [-0.3, -0.25) is 0 Å². The Balaban J connectivity index is 1.50. The second kappa shape index (κ2) is 16.8. The summed E-state index contributed by atoms with van der Waals surface area (Å²) in [5, 5.41) is 16.3. The molecule has 12 nitrogen and oxygen atoms in total. The Bertz CT molecular complexity index is 1660. The zero-order chi connectivity index (χ0) is 33.9. The van der Waals surface area contributed by atoms with Gasteiger partial charge in [0.1, 0.15) is 17.6 Å². The maximum absolute atomic E-state index is 11.6. The van der Waals surface area contributed by atoms with Gasteiger partial charge in [-0.1, -0.05) is 37.6 Å². The van der Waals surface area contributed by atoms with Crippen molar-refractivity contribution in [2.75, 3.05) is 53.0 Å². The standard InChI is InChI=1S/C36H45N7O5/c1-6-7-20-48-36-39-35(42(24-26-9-14-29(45-4)15-10-26)25-27-11-16-30(46-5)17-12-27)34-38-23-31(43(34)40-36)33(44)28-13-18-32(37-22-28)47-21-8-19-41(2)3/h9-18,22-23,33,44H,6-8,19-21,24-25H2,1-5H3. The molecule has 5 aromatic rings. The molecule has 0 radical (unpaired) electrons. The van der Waals surface area contributed by atoms with Gasteiger partial charge in [-0.15, -0.1) is 5.10 Å². The van der Waals surface area contributed by atoms with E-state index in [9.17, 15) is 5.11 Å². The highest BCUT2D eigenvalue weighted by Gasteiger charge is 2.24. The maximum atomic E-state index is 11.6. The van der Waals surface area contributed by atoms with Crippen LogP contribution in [0.1, 0.15) is 54.7 Å². The topological polar surface area (TPSA) is 120 Å². The van der Waals surface area contributed by atoms with Crippen LogP contribution in [0.2, 0.25) is 0 Å². The monoisotopic (exact) mass is 655 g/mol. The highest BCUT2D eigenvalue weighted by Crippen LogP contribution is 2.30. The lowest BCUT2D eigenvalue weighted by Gasteiger charge is -2.25. The van der Waals surface area contributed by atoms with Crippen LogP contribution in [0.5, 0.6) is 23.4 Å². The first-order valence-electron chi connectivity index (χ1n) is 16.2. The highest BCUT2D eigenvalue weighted by molar-refractivity contribution is 5.65. The molecular weight excluding hydrogens is 610 g/mol. The average Bonchev–Trinajstić information content (AvgIpc) is 3.54. The molecule has 254 valence electrons. The molecule has 5 rings (SSSR count). The molecule has 0 aliphatic rings. The van der Waals surface area contributed by atoms with E-state index in [0.29, 0.717) is 54.9 Å². The van der Waals surface area contributed by atoms with Gasteiger partial charge in [-0.05, 0) is 68.4 Å². The molecule has 48 heavy (non-hydrogen) atoms. The van der Waals surface area contributed by atoms with Crippen LogP contribution in [0.15, 0.2) is 73.1 Å². The minimum atomic E-state index is -1.06. The third-order valence-electron chi connectivity index (χ3n) is 7.80. The Morgan fingerprint density at radius 3 is 2.00 bits per heavy atom. The number of nitrogens with zero attached hydrogens (tertiary/aromatic N) is 7. The number of methoxy groups -OCH3 is 2. The van der Waals surface area contributed by atoms with Gasteiger partial charge in [0, 0.05) is 37.5 Å². The SMILES string of the molecule is CCCCOc1nc(N(Cc2ccc(OC)cc2)Cc2ccc(OC)cc2)c2ncc(C(O)c3ccc(OCCCN(C)C)nc3)n2n1. The summed E-state index contributed by atoms with van der Waals surface area (Å²) in [7, 11) is 7.36. The Hall–Kier alpha value is -4.94. The van der Waals surface area contributed by atoms with Gasteiger partial charge in [0.15, 0.2) is 11.5 Å². The van der Waals surface area contributed by atoms with E-state index >= 15 is 0 Å². The Labute approximate surface area is 281 Å². The van der Waals surface area contributed by atoms with Gasteiger partial charge in [-0.2, -0.15) is 4.98 Å². The smallest absolute Gasteiger partial charge is 0.336 e. The molecular formula is C36H45N7O5. The van der Waals surface area contributed by atoms with Crippen molar-refractivity contribution in [1.29, 1.82) is 0 Å². The number of benzene rings is 2. The average molecular weight is 656 g/mol. The van der Waals surface area contributed by atoms with E-state index in [0.717, 1.165) is 48.4 Å². The van der Waals surface area contributed by atoms with Crippen LogP contribution >= 0.6 is 0 Å². The predicted octanol–water partition coefficient (Wildman–Crippen LogP) is 5.33. The summed E-state index contributed by atoms with van der Waals surface area (Å²) in [6, 6.07) is 19.6. The molecule has 0 bridgehead atoms. The Kier molecular flexibility index (Phi) is 12.0. The number of imidazole rings is 1. The largest absolute Gasteiger partial charge is 0.497 e. The van der Waals surface area contributed by atoms with Crippen LogP contribution < -0.4 is 23.8 Å². The lowest BCUT2D eigenvalue weighted by atomic mass is 10.1. The summed E-state index contributed by atoms with van der Waals surface area (Å²) in [5.41, 5.74) is 3.64. The number of rotatable bonds is 18. The van der Waals surface area contributed by atoms with Gasteiger partial charge < -0.3 is 33.9 Å². The molecule has 3 heterocycles. The van der Waals surface area contributed by atoms with E-state index in [2.05, 4.69) is 26.8 Å². The fraction of sp³-hybridized carbons (Fsp3) is 0.389. The summed E-state index contributed by atoms with van der Waals surface area (Å²) >= 11 is 0. The second-order valence-corrected chi connectivity index (χ2v) is 11.7. The summed E-state index contributed by atoms with van der Waals surface area (Å²) < 4.78 is 24.2. The molecule has 0 spiro atoms. The number of aliphatic hydroxyl groups excluding tert-OH is 1. The molecule has 0 saturated carbocycles. The van der Waals surface area contributed by atoms with Crippen molar-refractivity contribution in [2.24, 2.45) is 0 Å². The van der Waals surface area contributed by atoms with Crippen molar-refractivity contribution in [3.63, 3.8) is 0 Å². The number of aromatic nitrogens is 5. The molecule has 3 aromatic heterocycles. The zero-order valence-corrected chi connectivity index (χ0v) is 28.4. The van der Waals surface area contributed by atoms with Crippen LogP contribution in [0.25, 0.3) is 5.65 Å². The van der Waals surface area contributed by atoms with Crippen molar-refractivity contribution in [1.82, 2.24) is 29.5 Å². The van der Waals surface area contributed by atoms with Gasteiger partial charge in [-0.25, -0.2) is 14.5 Å². The lowest BCUT2D eigenvalue weighted by Crippen LogP contribution is -2.25. The van der Waals surface area contributed by atoms with Crippen molar-refractivity contribution in [2.45, 2.75) is 45.4 Å². The fourth-order valence-electron chi connectivity index (χ4n) is 5.11. The second-order valence-electron chi connectivity index (χ2n) is 11.7. The first-order valence-corrected chi connectivity index (χ1v) is 16.2. The number of fused-ring (bicyclic) bond motifs is 1. The lowest BCUT2D eigenvalue weighted by molar-refractivity contribution is 0.210. The van der Waals surface area contributed by atoms with E-state index in [-0.39, 0.29) is 6.01 Å². The summed E-state index contributed by atoms with van der Waals surface area (Å²) in [6.45, 7) is 5.08. The van der Waals surface area contributed by atoms with Gasteiger partial charge in [0.05, 0.1) is 39.3 Å².